The highest BCUT2D eigenvalue weighted by Gasteiger charge is 2.14. The van der Waals surface area contributed by atoms with Gasteiger partial charge in [-0.3, -0.25) is 9.36 Å². The van der Waals surface area contributed by atoms with Crippen molar-refractivity contribution in [3.63, 3.8) is 0 Å². The number of fused-ring (bicyclic) bond motifs is 1. The number of amides is 1. The Morgan fingerprint density at radius 2 is 1.90 bits per heavy atom. The molecule has 0 aliphatic carbocycles. The lowest BCUT2D eigenvalue weighted by Gasteiger charge is -2.10. The van der Waals surface area contributed by atoms with Crippen molar-refractivity contribution < 1.29 is 9.18 Å². The quantitative estimate of drug-likeness (QED) is 0.394. The molecular formula is C24H23FN4OS. The first-order valence-electron chi connectivity index (χ1n) is 10.2. The number of carbonyl (C=O) groups is 1. The topological polar surface area (TPSA) is 59.8 Å². The van der Waals surface area contributed by atoms with E-state index in [4.69, 9.17) is 4.98 Å². The Morgan fingerprint density at radius 3 is 2.68 bits per heavy atom. The number of hydrogen-bond acceptors (Lipinski definition) is 4. The predicted octanol–water partition coefficient (Wildman–Crippen LogP) is 5.05. The molecule has 0 fully saturated rings. The molecule has 31 heavy (non-hydrogen) atoms. The van der Waals surface area contributed by atoms with Crippen LogP contribution in [0.3, 0.4) is 0 Å². The summed E-state index contributed by atoms with van der Waals surface area (Å²) in [5.41, 5.74) is 3.89. The third-order valence-electron chi connectivity index (χ3n) is 4.88. The molecule has 2 aromatic carbocycles. The zero-order valence-electron chi connectivity index (χ0n) is 17.2. The predicted molar refractivity (Wildman–Crippen MR) is 122 cm³/mol. The Bertz CT molecular complexity index is 1190. The van der Waals surface area contributed by atoms with Gasteiger partial charge in [0.05, 0.1) is 6.54 Å². The van der Waals surface area contributed by atoms with Crippen molar-refractivity contribution in [3.8, 4) is 0 Å². The molecule has 1 N–H and O–H groups in total. The van der Waals surface area contributed by atoms with Crippen LogP contribution < -0.4 is 5.32 Å². The van der Waals surface area contributed by atoms with Gasteiger partial charge in [0, 0.05) is 24.1 Å². The standard InChI is InChI=1S/C24H23FN4OS/c1-2-13-27-23(30)18-11-9-17(10-12-18)15-29-22-21(8-5-14-26-22)28-24(29)31-16-19-6-3-4-7-20(19)25/h3-12,14H,2,13,15-16H2,1H3,(H,27,30). The van der Waals surface area contributed by atoms with Gasteiger partial charge < -0.3 is 5.32 Å². The molecule has 158 valence electrons. The SMILES string of the molecule is CCCNC(=O)c1ccc(Cn2c(SCc3ccccc3F)nc3cccnc32)cc1. The van der Waals surface area contributed by atoms with Gasteiger partial charge in [-0.05, 0) is 47.9 Å². The van der Waals surface area contributed by atoms with Gasteiger partial charge in [-0.1, -0.05) is 49.0 Å². The van der Waals surface area contributed by atoms with Gasteiger partial charge in [0.15, 0.2) is 10.8 Å². The molecule has 7 heteroatoms. The van der Waals surface area contributed by atoms with Crippen molar-refractivity contribution in [2.24, 2.45) is 0 Å². The number of nitrogens with one attached hydrogen (secondary N) is 1. The van der Waals surface area contributed by atoms with Crippen molar-refractivity contribution >= 4 is 28.8 Å². The smallest absolute Gasteiger partial charge is 0.251 e. The minimum absolute atomic E-state index is 0.0655. The number of aromatic nitrogens is 3. The number of hydrogen-bond donors (Lipinski definition) is 1. The minimum Gasteiger partial charge on any atom is -0.352 e. The van der Waals surface area contributed by atoms with Crippen LogP contribution in [0.4, 0.5) is 4.39 Å². The summed E-state index contributed by atoms with van der Waals surface area (Å²) in [5.74, 6) is 0.198. The Morgan fingerprint density at radius 1 is 1.10 bits per heavy atom. The van der Waals surface area contributed by atoms with Crippen molar-refractivity contribution in [1.82, 2.24) is 19.9 Å². The van der Waals surface area contributed by atoms with E-state index in [1.807, 2.05) is 54.0 Å². The second-order valence-electron chi connectivity index (χ2n) is 7.16. The van der Waals surface area contributed by atoms with Crippen molar-refractivity contribution in [2.45, 2.75) is 30.8 Å². The first-order valence-corrected chi connectivity index (χ1v) is 11.2. The number of halogens is 1. The third kappa shape index (κ3) is 4.94. The number of rotatable bonds is 8. The normalized spacial score (nSPS) is 11.0. The van der Waals surface area contributed by atoms with E-state index in [2.05, 4.69) is 10.3 Å². The summed E-state index contributed by atoms with van der Waals surface area (Å²) in [6.07, 6.45) is 2.64. The lowest BCUT2D eigenvalue weighted by atomic mass is 10.1. The number of nitrogens with zero attached hydrogens (tertiary/aromatic N) is 3. The van der Waals surface area contributed by atoms with E-state index < -0.39 is 0 Å². The minimum atomic E-state index is -0.215. The first kappa shape index (κ1) is 21.1. The number of imidazole rings is 1. The zero-order chi connectivity index (χ0) is 21.6. The van der Waals surface area contributed by atoms with E-state index in [1.54, 1.807) is 18.3 Å². The highest BCUT2D eigenvalue weighted by molar-refractivity contribution is 7.98. The molecule has 0 atom stereocenters. The van der Waals surface area contributed by atoms with Crippen LogP contribution in [0.5, 0.6) is 0 Å². The fourth-order valence-corrected chi connectivity index (χ4v) is 4.22. The summed E-state index contributed by atoms with van der Waals surface area (Å²) in [4.78, 5) is 21.3. The zero-order valence-corrected chi connectivity index (χ0v) is 18.0. The number of carbonyl (C=O) groups excluding carboxylic acids is 1. The van der Waals surface area contributed by atoms with Crippen LogP contribution in [-0.4, -0.2) is 27.0 Å². The molecule has 0 bridgehead atoms. The van der Waals surface area contributed by atoms with Gasteiger partial charge in [0.2, 0.25) is 0 Å². The highest BCUT2D eigenvalue weighted by Crippen LogP contribution is 2.27. The Balaban J connectivity index is 1.57. The summed E-state index contributed by atoms with van der Waals surface area (Å²) in [5, 5.41) is 3.67. The maximum atomic E-state index is 14.0. The Labute approximate surface area is 184 Å². The fraction of sp³-hybridized carbons (Fsp3) is 0.208. The summed E-state index contributed by atoms with van der Waals surface area (Å²) >= 11 is 1.48. The van der Waals surface area contributed by atoms with Crippen LogP contribution in [0.15, 0.2) is 72.0 Å². The first-order chi connectivity index (χ1) is 15.2. The summed E-state index contributed by atoms with van der Waals surface area (Å²) in [6.45, 7) is 3.24. The monoisotopic (exact) mass is 434 g/mol. The van der Waals surface area contributed by atoms with Gasteiger partial charge >= 0.3 is 0 Å². The van der Waals surface area contributed by atoms with E-state index in [0.29, 0.717) is 30.0 Å². The molecule has 0 spiro atoms. The van der Waals surface area contributed by atoms with Gasteiger partial charge in [0.1, 0.15) is 11.3 Å². The molecule has 0 aliphatic heterocycles. The van der Waals surface area contributed by atoms with Crippen LogP contribution in [0, 0.1) is 5.82 Å². The van der Waals surface area contributed by atoms with Gasteiger partial charge in [-0.15, -0.1) is 0 Å². The average molecular weight is 435 g/mol. The molecule has 2 aromatic heterocycles. The second kappa shape index (κ2) is 9.75. The molecule has 4 rings (SSSR count). The molecule has 5 nitrogen and oxygen atoms in total. The number of thioether (sulfide) groups is 1. The summed E-state index contributed by atoms with van der Waals surface area (Å²) in [7, 11) is 0. The van der Waals surface area contributed by atoms with Gasteiger partial charge in [0.25, 0.3) is 5.91 Å². The van der Waals surface area contributed by atoms with E-state index >= 15 is 0 Å². The summed E-state index contributed by atoms with van der Waals surface area (Å²) in [6, 6.07) is 18.1. The molecule has 4 aromatic rings. The van der Waals surface area contributed by atoms with Crippen molar-refractivity contribution in [3.05, 3.63) is 89.4 Å². The third-order valence-corrected chi connectivity index (χ3v) is 5.90. The van der Waals surface area contributed by atoms with Crippen LogP contribution in [-0.2, 0) is 12.3 Å². The maximum Gasteiger partial charge on any atom is 0.251 e. The maximum absolute atomic E-state index is 14.0. The Kier molecular flexibility index (Phi) is 6.62. The molecule has 0 radical (unpaired) electrons. The van der Waals surface area contributed by atoms with Crippen molar-refractivity contribution in [1.29, 1.82) is 0 Å². The molecule has 0 saturated carbocycles. The number of benzene rings is 2. The molecule has 0 saturated heterocycles. The Hall–Kier alpha value is -3.19. The van der Waals surface area contributed by atoms with Crippen LogP contribution in [0.2, 0.25) is 0 Å². The van der Waals surface area contributed by atoms with E-state index in [0.717, 1.165) is 28.3 Å². The molecule has 0 unspecified atom stereocenters. The molecule has 1 amide bonds. The number of pyridine rings is 1. The summed E-state index contributed by atoms with van der Waals surface area (Å²) < 4.78 is 16.1. The highest BCUT2D eigenvalue weighted by atomic mass is 32.2. The van der Waals surface area contributed by atoms with Gasteiger partial charge in [-0.2, -0.15) is 0 Å². The fourth-order valence-electron chi connectivity index (χ4n) is 3.23. The van der Waals surface area contributed by atoms with E-state index in [9.17, 15) is 9.18 Å². The van der Waals surface area contributed by atoms with Crippen LogP contribution in [0.1, 0.15) is 34.8 Å². The van der Waals surface area contributed by atoms with Gasteiger partial charge in [-0.25, -0.2) is 14.4 Å². The lowest BCUT2D eigenvalue weighted by molar-refractivity contribution is 0.0953. The lowest BCUT2D eigenvalue weighted by Crippen LogP contribution is -2.23. The van der Waals surface area contributed by atoms with Crippen LogP contribution >= 0.6 is 11.8 Å². The average Bonchev–Trinajstić information content (AvgIpc) is 3.14. The van der Waals surface area contributed by atoms with Crippen LogP contribution in [0.25, 0.3) is 11.2 Å². The van der Waals surface area contributed by atoms with E-state index in [-0.39, 0.29) is 11.7 Å². The van der Waals surface area contributed by atoms with E-state index in [1.165, 1.54) is 17.8 Å². The van der Waals surface area contributed by atoms with Crippen molar-refractivity contribution in [2.75, 3.05) is 6.54 Å². The molecular weight excluding hydrogens is 411 g/mol. The second-order valence-corrected chi connectivity index (χ2v) is 8.10. The largest absolute Gasteiger partial charge is 0.352 e. The molecule has 0 aliphatic rings. The molecule has 2 heterocycles.